The molecular weight excluding hydrogens is 247 g/mol. The van der Waals surface area contributed by atoms with Crippen LogP contribution in [-0.2, 0) is 16.1 Å². The molecule has 1 amide bonds. The maximum absolute atomic E-state index is 12.8. The molecule has 2 rings (SSSR count). The van der Waals surface area contributed by atoms with Gasteiger partial charge in [-0.3, -0.25) is 4.79 Å². The summed E-state index contributed by atoms with van der Waals surface area (Å²) in [6.07, 6.45) is 1.15. The van der Waals surface area contributed by atoms with E-state index in [0.29, 0.717) is 19.5 Å². The second-order valence-electron chi connectivity index (χ2n) is 4.88. The normalized spacial score (nSPS) is 22.5. The first-order valence-corrected chi connectivity index (χ1v) is 6.45. The summed E-state index contributed by atoms with van der Waals surface area (Å²) in [6, 6.07) is 6.14. The summed E-state index contributed by atoms with van der Waals surface area (Å²) in [7, 11) is 1.73. The highest BCUT2D eigenvalue weighted by Gasteiger charge is 2.31. The van der Waals surface area contributed by atoms with E-state index in [-0.39, 0.29) is 23.9 Å². The zero-order chi connectivity index (χ0) is 13.8. The molecule has 0 aliphatic carbocycles. The monoisotopic (exact) mass is 266 g/mol. The molecule has 4 nitrogen and oxygen atoms in total. The first-order valence-electron chi connectivity index (χ1n) is 6.45. The molecule has 1 heterocycles. The van der Waals surface area contributed by atoms with Gasteiger partial charge in [0.2, 0.25) is 0 Å². The van der Waals surface area contributed by atoms with Crippen molar-refractivity contribution in [3.8, 4) is 0 Å². The Morgan fingerprint density at radius 2 is 2.11 bits per heavy atom. The fourth-order valence-corrected chi connectivity index (χ4v) is 2.25. The van der Waals surface area contributed by atoms with Crippen LogP contribution in [0.25, 0.3) is 0 Å². The lowest BCUT2D eigenvalue weighted by Crippen LogP contribution is -2.36. The summed E-state index contributed by atoms with van der Waals surface area (Å²) >= 11 is 0. The molecule has 1 saturated heterocycles. The Morgan fingerprint density at radius 1 is 1.42 bits per heavy atom. The minimum Gasteiger partial charge on any atom is -0.364 e. The Hall–Kier alpha value is -1.46. The van der Waals surface area contributed by atoms with Crippen molar-refractivity contribution < 1.29 is 13.9 Å². The van der Waals surface area contributed by atoms with Crippen molar-refractivity contribution in [3.63, 3.8) is 0 Å². The van der Waals surface area contributed by atoms with Gasteiger partial charge in [0.25, 0.3) is 5.91 Å². The van der Waals surface area contributed by atoms with Crippen molar-refractivity contribution >= 4 is 5.91 Å². The third-order valence-corrected chi connectivity index (χ3v) is 3.36. The number of nitrogens with two attached hydrogens (primary N) is 1. The van der Waals surface area contributed by atoms with E-state index in [4.69, 9.17) is 10.5 Å². The number of amides is 1. The van der Waals surface area contributed by atoms with Crippen molar-refractivity contribution in [2.45, 2.75) is 31.6 Å². The van der Waals surface area contributed by atoms with Crippen LogP contribution in [0.15, 0.2) is 24.3 Å². The largest absolute Gasteiger partial charge is 0.364 e. The quantitative estimate of drug-likeness (QED) is 0.893. The second kappa shape index (κ2) is 6.12. The van der Waals surface area contributed by atoms with Crippen LogP contribution in [0.1, 0.15) is 18.4 Å². The molecule has 2 atom stereocenters. The van der Waals surface area contributed by atoms with Gasteiger partial charge in [0, 0.05) is 20.1 Å². The molecule has 1 aromatic carbocycles. The van der Waals surface area contributed by atoms with Gasteiger partial charge in [-0.1, -0.05) is 12.1 Å². The molecule has 0 aromatic heterocycles. The van der Waals surface area contributed by atoms with E-state index in [0.717, 1.165) is 12.0 Å². The molecule has 2 unspecified atom stereocenters. The number of halogens is 1. The lowest BCUT2D eigenvalue weighted by molar-refractivity contribution is -0.141. The van der Waals surface area contributed by atoms with Crippen LogP contribution in [-0.4, -0.2) is 36.6 Å². The van der Waals surface area contributed by atoms with Crippen molar-refractivity contribution in [1.29, 1.82) is 0 Å². The van der Waals surface area contributed by atoms with Gasteiger partial charge in [0.15, 0.2) is 0 Å². The van der Waals surface area contributed by atoms with Crippen molar-refractivity contribution in [2.75, 3.05) is 13.6 Å². The maximum atomic E-state index is 12.8. The zero-order valence-corrected chi connectivity index (χ0v) is 11.0. The van der Waals surface area contributed by atoms with Crippen LogP contribution in [0.5, 0.6) is 0 Å². The number of nitrogens with zero attached hydrogens (tertiary/aromatic N) is 1. The molecule has 19 heavy (non-hydrogen) atoms. The number of hydrogen-bond donors (Lipinski definition) is 1. The highest BCUT2D eigenvalue weighted by molar-refractivity contribution is 5.80. The van der Waals surface area contributed by atoms with Gasteiger partial charge in [0.05, 0.1) is 6.10 Å². The molecule has 104 valence electrons. The zero-order valence-electron chi connectivity index (χ0n) is 11.0. The Kier molecular flexibility index (Phi) is 4.50. The summed E-state index contributed by atoms with van der Waals surface area (Å²) in [5, 5.41) is 0. The number of carbonyl (C=O) groups is 1. The minimum atomic E-state index is -0.390. The molecular formula is C14H19FN2O2. The van der Waals surface area contributed by atoms with Crippen molar-refractivity contribution in [2.24, 2.45) is 5.73 Å². The first-order chi connectivity index (χ1) is 9.10. The molecule has 0 radical (unpaired) electrons. The van der Waals surface area contributed by atoms with Gasteiger partial charge < -0.3 is 15.4 Å². The maximum Gasteiger partial charge on any atom is 0.251 e. The summed E-state index contributed by atoms with van der Waals surface area (Å²) in [5.41, 5.74) is 6.42. The van der Waals surface area contributed by atoms with E-state index in [1.54, 1.807) is 24.1 Å². The highest BCUT2D eigenvalue weighted by Crippen LogP contribution is 2.21. The van der Waals surface area contributed by atoms with E-state index in [1.165, 1.54) is 12.1 Å². The topological polar surface area (TPSA) is 55.6 Å². The summed E-state index contributed by atoms with van der Waals surface area (Å²) in [4.78, 5) is 13.8. The number of hydrogen-bond acceptors (Lipinski definition) is 3. The number of ether oxygens (including phenoxy) is 1. The highest BCUT2D eigenvalue weighted by atomic mass is 19.1. The van der Waals surface area contributed by atoms with Crippen molar-refractivity contribution in [1.82, 2.24) is 4.90 Å². The Labute approximate surface area is 112 Å². The fraction of sp³-hybridized carbons (Fsp3) is 0.500. The lowest BCUT2D eigenvalue weighted by atomic mass is 10.1. The predicted octanol–water partition coefficient (Wildman–Crippen LogP) is 1.29. The van der Waals surface area contributed by atoms with Gasteiger partial charge in [-0.15, -0.1) is 0 Å². The predicted molar refractivity (Wildman–Crippen MR) is 69.8 cm³/mol. The summed E-state index contributed by atoms with van der Waals surface area (Å²) < 4.78 is 18.4. The number of benzene rings is 1. The molecule has 1 aliphatic rings. The Balaban J connectivity index is 1.91. The molecule has 0 saturated carbocycles. The van der Waals surface area contributed by atoms with Gasteiger partial charge >= 0.3 is 0 Å². The van der Waals surface area contributed by atoms with E-state index in [1.807, 2.05) is 0 Å². The molecule has 0 spiro atoms. The molecule has 2 N–H and O–H groups in total. The summed E-state index contributed by atoms with van der Waals surface area (Å²) in [5.74, 6) is -0.317. The van der Waals surface area contributed by atoms with Crippen LogP contribution in [0.2, 0.25) is 0 Å². The van der Waals surface area contributed by atoms with Crippen molar-refractivity contribution in [3.05, 3.63) is 35.6 Å². The van der Waals surface area contributed by atoms with E-state index >= 15 is 0 Å². The molecule has 1 fully saturated rings. The van der Waals surface area contributed by atoms with Crippen LogP contribution in [0.4, 0.5) is 4.39 Å². The van der Waals surface area contributed by atoms with E-state index in [9.17, 15) is 9.18 Å². The van der Waals surface area contributed by atoms with Gasteiger partial charge in [-0.2, -0.15) is 0 Å². The number of carbonyl (C=O) groups excluding carboxylic acids is 1. The third-order valence-electron chi connectivity index (χ3n) is 3.36. The van der Waals surface area contributed by atoms with Gasteiger partial charge in [-0.05, 0) is 30.5 Å². The van der Waals surface area contributed by atoms with Crippen LogP contribution >= 0.6 is 0 Å². The van der Waals surface area contributed by atoms with Crippen LogP contribution < -0.4 is 5.73 Å². The molecule has 1 aromatic rings. The molecule has 0 bridgehead atoms. The Morgan fingerprint density at radius 3 is 2.68 bits per heavy atom. The average Bonchev–Trinajstić information content (AvgIpc) is 2.89. The second-order valence-corrected chi connectivity index (χ2v) is 4.88. The molecule has 1 aliphatic heterocycles. The number of likely N-dealkylation sites (N-methyl/N-ethyl adjacent to an activating group) is 1. The van der Waals surface area contributed by atoms with Gasteiger partial charge in [-0.25, -0.2) is 4.39 Å². The average molecular weight is 266 g/mol. The van der Waals surface area contributed by atoms with Gasteiger partial charge in [0.1, 0.15) is 11.9 Å². The third kappa shape index (κ3) is 3.52. The first kappa shape index (κ1) is 14.0. The summed E-state index contributed by atoms with van der Waals surface area (Å²) in [6.45, 7) is 0.901. The van der Waals surface area contributed by atoms with E-state index in [2.05, 4.69) is 0 Å². The minimum absolute atomic E-state index is 0.00632. The smallest absolute Gasteiger partial charge is 0.251 e. The fourth-order valence-electron chi connectivity index (χ4n) is 2.25. The SMILES string of the molecule is CN(Cc1ccc(F)cc1)C(=O)C1CCC(CN)O1. The number of rotatable bonds is 4. The molecule has 5 heteroatoms. The Bertz CT molecular complexity index is 436. The standard InChI is InChI=1S/C14H19FN2O2/c1-17(9-10-2-4-11(15)5-3-10)14(18)13-7-6-12(8-16)19-13/h2-5,12-13H,6-9,16H2,1H3. The van der Waals surface area contributed by atoms with E-state index < -0.39 is 0 Å². The lowest BCUT2D eigenvalue weighted by Gasteiger charge is -2.21. The van der Waals surface area contributed by atoms with Crippen LogP contribution in [0, 0.1) is 5.82 Å². The van der Waals surface area contributed by atoms with Crippen LogP contribution in [0.3, 0.4) is 0 Å².